The summed E-state index contributed by atoms with van der Waals surface area (Å²) in [6, 6.07) is 0. The number of nitrogens with one attached hydrogen (secondary N) is 1. The van der Waals surface area contributed by atoms with Crippen molar-refractivity contribution in [1.29, 1.82) is 0 Å². The van der Waals surface area contributed by atoms with Crippen molar-refractivity contribution in [3.8, 4) is 0 Å². The molecule has 0 atom stereocenters. The van der Waals surface area contributed by atoms with Crippen LogP contribution in [0.3, 0.4) is 0 Å². The lowest BCUT2D eigenvalue weighted by atomic mass is 13.2. The zero-order valence-electron chi connectivity index (χ0n) is 4.66. The van der Waals surface area contributed by atoms with E-state index in [0.29, 0.717) is 0 Å². The van der Waals surface area contributed by atoms with E-state index in [2.05, 4.69) is 52.4 Å². The van der Waals surface area contributed by atoms with Crippen molar-refractivity contribution in [2.24, 2.45) is 0 Å². The van der Waals surface area contributed by atoms with Gasteiger partial charge in [0.05, 0.1) is 0 Å². The summed E-state index contributed by atoms with van der Waals surface area (Å²) in [6.07, 6.45) is 0. The molecule has 0 aliphatic carbocycles. The summed E-state index contributed by atoms with van der Waals surface area (Å²) in [5.41, 5.74) is 1.46. The van der Waals surface area contributed by atoms with E-state index in [1.165, 1.54) is 5.64 Å². The predicted octanol–water partition coefficient (Wildman–Crippen LogP) is -0.653. The monoisotopic (exact) mass is 193 g/mol. The Morgan fingerprint density at radius 1 is 1.00 bits per heavy atom. The van der Waals surface area contributed by atoms with Crippen molar-refractivity contribution >= 4 is 12.9 Å². The molecule has 0 aliphatic heterocycles. The molecule has 0 rings (SSSR count). The first kappa shape index (κ1) is 11.0. The molecule has 11 heteroatoms. The zero-order valence-corrected chi connectivity index (χ0v) is 5.55. The standard InChI is InChI=1S/H3NO9S/c2-5-8-6-3-1-4-7-9-10-11/h1-2,11H. The molecule has 0 aromatic heterocycles. The van der Waals surface area contributed by atoms with Gasteiger partial charge in [0, 0.05) is 12.9 Å². The van der Waals surface area contributed by atoms with Crippen LogP contribution in [0.5, 0.6) is 0 Å². The van der Waals surface area contributed by atoms with Crippen LogP contribution in [0.1, 0.15) is 0 Å². The molecule has 10 nitrogen and oxygen atoms in total. The minimum atomic E-state index is 1.46. The van der Waals surface area contributed by atoms with Gasteiger partial charge < -0.3 is 0 Å². The molecule has 0 spiro atoms. The lowest BCUT2D eigenvalue weighted by Crippen LogP contribution is -2.16. The van der Waals surface area contributed by atoms with Crippen LogP contribution in [0.25, 0.3) is 0 Å². The van der Waals surface area contributed by atoms with Gasteiger partial charge in [-0.2, -0.15) is 0 Å². The molecule has 0 aromatic carbocycles. The predicted molar refractivity (Wildman–Crippen MR) is 23.4 cm³/mol. The van der Waals surface area contributed by atoms with Crippen LogP contribution in [0.15, 0.2) is 0 Å². The Hall–Kier alpha value is -0.0500. The third kappa shape index (κ3) is 9.95. The molecule has 0 radical (unpaired) electrons. The molecule has 0 fully saturated rings. The molecule has 0 unspecified atom stereocenters. The van der Waals surface area contributed by atoms with E-state index < -0.39 is 0 Å². The van der Waals surface area contributed by atoms with E-state index in [0.717, 1.165) is 0 Å². The van der Waals surface area contributed by atoms with Crippen LogP contribution in [-0.2, 0) is 39.5 Å². The maximum atomic E-state index is 7.43. The number of thiol groups is 1. The van der Waals surface area contributed by atoms with Crippen LogP contribution in [0.4, 0.5) is 0 Å². The van der Waals surface area contributed by atoms with E-state index >= 15 is 0 Å². The second-order valence-corrected chi connectivity index (χ2v) is 0.820. The fraction of sp³-hybridized carbons (Fsp3) is 0. The highest BCUT2D eigenvalue weighted by Crippen LogP contribution is 1.83. The number of hydrogen-bond donors (Lipinski definition) is 3. The summed E-state index contributed by atoms with van der Waals surface area (Å²) >= 11 is 3.07. The topological polar surface area (TPSA) is 106 Å². The summed E-state index contributed by atoms with van der Waals surface area (Å²) in [4.78, 5) is 7.37. The van der Waals surface area contributed by atoms with Gasteiger partial charge in [0.25, 0.3) is 0 Å². The summed E-state index contributed by atoms with van der Waals surface area (Å²) in [5, 5.41) is 24.2. The third-order valence-electron chi connectivity index (χ3n) is 0.252. The van der Waals surface area contributed by atoms with Crippen LogP contribution < -0.4 is 5.64 Å². The molecule has 0 amide bonds. The van der Waals surface area contributed by atoms with Gasteiger partial charge in [0.2, 0.25) is 0 Å². The molecule has 0 saturated heterocycles. The molecule has 11 heavy (non-hydrogen) atoms. The average Bonchev–Trinajstić information content (AvgIpc) is 2.03. The smallest absolute Gasteiger partial charge is 0.0182 e. The minimum absolute atomic E-state index is 1.46. The van der Waals surface area contributed by atoms with Crippen molar-refractivity contribution in [3.05, 3.63) is 0 Å². The highest BCUT2D eigenvalue weighted by Gasteiger charge is 1.90. The Balaban J connectivity index is 2.69. The van der Waals surface area contributed by atoms with Gasteiger partial charge in [-0.1, -0.05) is 9.98 Å². The van der Waals surface area contributed by atoms with Crippen molar-refractivity contribution < 1.29 is 44.8 Å². The van der Waals surface area contributed by atoms with E-state index in [4.69, 9.17) is 5.26 Å². The molecule has 0 aliphatic rings. The highest BCUT2D eigenvalue weighted by molar-refractivity contribution is 7.74. The zero-order chi connectivity index (χ0) is 8.36. The highest BCUT2D eigenvalue weighted by atomic mass is 32.1. The van der Waals surface area contributed by atoms with E-state index in [1.54, 1.807) is 0 Å². The Morgan fingerprint density at radius 2 is 1.64 bits per heavy atom. The Kier molecular flexibility index (Phi) is 9.90. The first-order chi connectivity index (χ1) is 5.41. The molecule has 68 valence electrons. The number of rotatable bonds is 8. The summed E-state index contributed by atoms with van der Waals surface area (Å²) in [5.74, 6) is 0. The fourth-order valence-electron chi connectivity index (χ4n) is 0.0943. The molecule has 0 saturated carbocycles. The summed E-state index contributed by atoms with van der Waals surface area (Å²) < 4.78 is 3.58. The second-order valence-electron chi connectivity index (χ2n) is 0.671. The maximum absolute atomic E-state index is 7.43. The summed E-state index contributed by atoms with van der Waals surface area (Å²) in [6.45, 7) is 0. The van der Waals surface area contributed by atoms with Crippen molar-refractivity contribution in [1.82, 2.24) is 5.64 Å². The van der Waals surface area contributed by atoms with E-state index in [9.17, 15) is 0 Å². The van der Waals surface area contributed by atoms with Gasteiger partial charge in [-0.15, -0.1) is 4.33 Å². The van der Waals surface area contributed by atoms with Crippen molar-refractivity contribution in [3.63, 3.8) is 0 Å². The van der Waals surface area contributed by atoms with Gasteiger partial charge in [0.1, 0.15) is 0 Å². The van der Waals surface area contributed by atoms with Gasteiger partial charge in [-0.05, 0) is 30.8 Å². The minimum Gasteiger partial charge on any atom is -0.219 e. The summed E-state index contributed by atoms with van der Waals surface area (Å²) in [7, 11) is 0. The molecule has 2 N–H and O–H groups in total. The number of hydrogen-bond acceptors (Lipinski definition) is 11. The van der Waals surface area contributed by atoms with E-state index in [-0.39, 0.29) is 0 Å². The van der Waals surface area contributed by atoms with Crippen LogP contribution in [0.2, 0.25) is 0 Å². The second kappa shape index (κ2) is 9.95. The normalized spacial score (nSPS) is 10.4. The SMILES string of the molecule is OOOOONOOOOS. The first-order valence-electron chi connectivity index (χ1n) is 1.77. The van der Waals surface area contributed by atoms with Crippen LogP contribution in [-0.4, -0.2) is 5.26 Å². The van der Waals surface area contributed by atoms with Gasteiger partial charge in [-0.3, -0.25) is 0 Å². The van der Waals surface area contributed by atoms with Gasteiger partial charge in [-0.25, -0.2) is 5.26 Å². The average molecular weight is 193 g/mol. The van der Waals surface area contributed by atoms with E-state index in [1.807, 2.05) is 0 Å². The first-order valence-corrected chi connectivity index (χ1v) is 2.14. The Bertz CT molecular complexity index is 58.6. The fourth-order valence-corrected chi connectivity index (χ4v) is 0.119. The molecule has 0 aromatic rings. The Labute approximate surface area is 64.4 Å². The lowest BCUT2D eigenvalue weighted by molar-refractivity contribution is -0.738. The largest absolute Gasteiger partial charge is 0.219 e. The van der Waals surface area contributed by atoms with Crippen molar-refractivity contribution in [2.45, 2.75) is 0 Å². The van der Waals surface area contributed by atoms with Crippen molar-refractivity contribution in [2.75, 3.05) is 0 Å². The third-order valence-corrected chi connectivity index (χ3v) is 0.313. The van der Waals surface area contributed by atoms with Crippen LogP contribution >= 0.6 is 12.9 Å². The molecular formula is H3NO9S. The van der Waals surface area contributed by atoms with Crippen LogP contribution in [0, 0.1) is 0 Å². The maximum Gasteiger partial charge on any atom is 0.0182 e. The lowest BCUT2D eigenvalue weighted by Gasteiger charge is -1.97. The molecule has 0 bridgehead atoms. The van der Waals surface area contributed by atoms with Gasteiger partial charge in [0.15, 0.2) is 0 Å². The van der Waals surface area contributed by atoms with Gasteiger partial charge >= 0.3 is 0 Å². The quantitative estimate of drug-likeness (QED) is 0.151. The Morgan fingerprint density at radius 3 is 2.18 bits per heavy atom. The molecule has 0 heterocycles. The molecular weight excluding hydrogens is 190 g/mol.